The van der Waals surface area contributed by atoms with Crippen molar-refractivity contribution in [1.29, 1.82) is 0 Å². The van der Waals surface area contributed by atoms with Crippen LogP contribution in [0.25, 0.3) is 0 Å². The zero-order valence-electron chi connectivity index (χ0n) is 12.0. The lowest BCUT2D eigenvalue weighted by molar-refractivity contribution is 0.563. The standard InChI is InChI=1S/C17H21FN2/c1-13-7-3-6-10-17(13)20(2)12-11-16(19)14-8-4-5-9-15(14)18/h3-10,16H,11-12,19H2,1-2H3. The van der Waals surface area contributed by atoms with E-state index in [-0.39, 0.29) is 11.9 Å². The predicted octanol–water partition coefficient (Wildman–Crippen LogP) is 3.66. The third kappa shape index (κ3) is 3.36. The number of para-hydroxylation sites is 1. The fraction of sp³-hybridized carbons (Fsp3) is 0.294. The number of anilines is 1. The molecule has 2 aromatic carbocycles. The summed E-state index contributed by atoms with van der Waals surface area (Å²) >= 11 is 0. The molecule has 0 amide bonds. The Morgan fingerprint density at radius 1 is 1.10 bits per heavy atom. The van der Waals surface area contributed by atoms with Gasteiger partial charge in [0, 0.05) is 30.9 Å². The van der Waals surface area contributed by atoms with Crippen LogP contribution in [0.15, 0.2) is 48.5 Å². The summed E-state index contributed by atoms with van der Waals surface area (Å²) in [4.78, 5) is 2.16. The first kappa shape index (κ1) is 14.5. The van der Waals surface area contributed by atoms with Crippen molar-refractivity contribution < 1.29 is 4.39 Å². The van der Waals surface area contributed by atoms with E-state index in [2.05, 4.69) is 24.0 Å². The highest BCUT2D eigenvalue weighted by atomic mass is 19.1. The van der Waals surface area contributed by atoms with Gasteiger partial charge in [0.15, 0.2) is 0 Å². The molecule has 2 rings (SSSR count). The summed E-state index contributed by atoms with van der Waals surface area (Å²) in [5, 5.41) is 0. The Balaban J connectivity index is 1.99. The SMILES string of the molecule is Cc1ccccc1N(C)CCC(N)c1ccccc1F. The molecule has 20 heavy (non-hydrogen) atoms. The lowest BCUT2D eigenvalue weighted by Gasteiger charge is -2.23. The van der Waals surface area contributed by atoms with E-state index in [0.29, 0.717) is 12.0 Å². The van der Waals surface area contributed by atoms with Crippen LogP contribution in [0.2, 0.25) is 0 Å². The molecule has 0 heterocycles. The Bertz CT molecular complexity index is 517. The maximum atomic E-state index is 13.7. The summed E-state index contributed by atoms with van der Waals surface area (Å²) in [7, 11) is 2.04. The van der Waals surface area contributed by atoms with E-state index in [9.17, 15) is 4.39 Å². The fourth-order valence-electron chi connectivity index (χ4n) is 2.38. The van der Waals surface area contributed by atoms with Crippen LogP contribution >= 0.6 is 0 Å². The van der Waals surface area contributed by atoms with Crippen LogP contribution in [0.3, 0.4) is 0 Å². The quantitative estimate of drug-likeness (QED) is 0.900. The molecule has 0 saturated carbocycles. The molecule has 3 heteroatoms. The van der Waals surface area contributed by atoms with Gasteiger partial charge in [-0.3, -0.25) is 0 Å². The highest BCUT2D eigenvalue weighted by molar-refractivity contribution is 5.52. The van der Waals surface area contributed by atoms with Crippen molar-refractivity contribution in [3.05, 3.63) is 65.5 Å². The van der Waals surface area contributed by atoms with E-state index in [1.54, 1.807) is 12.1 Å². The van der Waals surface area contributed by atoms with Gasteiger partial charge in [0.05, 0.1) is 0 Å². The minimum atomic E-state index is -0.275. The highest BCUT2D eigenvalue weighted by Gasteiger charge is 2.12. The molecule has 0 aliphatic carbocycles. The van der Waals surface area contributed by atoms with Crippen molar-refractivity contribution in [1.82, 2.24) is 0 Å². The van der Waals surface area contributed by atoms with Crippen molar-refractivity contribution in [2.24, 2.45) is 5.73 Å². The molecule has 0 aliphatic heterocycles. The fourth-order valence-corrected chi connectivity index (χ4v) is 2.38. The number of halogens is 1. The molecular weight excluding hydrogens is 251 g/mol. The van der Waals surface area contributed by atoms with Crippen LogP contribution in [-0.4, -0.2) is 13.6 Å². The van der Waals surface area contributed by atoms with E-state index in [0.717, 1.165) is 6.54 Å². The van der Waals surface area contributed by atoms with Gasteiger partial charge in [-0.1, -0.05) is 36.4 Å². The van der Waals surface area contributed by atoms with Crippen molar-refractivity contribution in [2.45, 2.75) is 19.4 Å². The second-order valence-electron chi connectivity index (χ2n) is 5.12. The Kier molecular flexibility index (Phi) is 4.74. The molecule has 0 radical (unpaired) electrons. The van der Waals surface area contributed by atoms with E-state index < -0.39 is 0 Å². The molecule has 0 aromatic heterocycles. The van der Waals surface area contributed by atoms with Crippen LogP contribution in [0.1, 0.15) is 23.6 Å². The summed E-state index contributed by atoms with van der Waals surface area (Å²) in [6.07, 6.45) is 0.714. The second-order valence-corrected chi connectivity index (χ2v) is 5.12. The maximum absolute atomic E-state index is 13.7. The van der Waals surface area contributed by atoms with Crippen LogP contribution in [0.4, 0.5) is 10.1 Å². The molecule has 1 unspecified atom stereocenters. The number of nitrogens with two attached hydrogens (primary N) is 1. The van der Waals surface area contributed by atoms with Crippen LogP contribution in [0.5, 0.6) is 0 Å². The third-order valence-corrected chi connectivity index (χ3v) is 3.61. The molecule has 2 N–H and O–H groups in total. The van der Waals surface area contributed by atoms with E-state index in [1.807, 2.05) is 25.2 Å². The molecule has 0 aliphatic rings. The van der Waals surface area contributed by atoms with Gasteiger partial charge < -0.3 is 10.6 Å². The number of nitrogens with zero attached hydrogens (tertiary/aromatic N) is 1. The van der Waals surface area contributed by atoms with Gasteiger partial charge in [-0.25, -0.2) is 4.39 Å². The van der Waals surface area contributed by atoms with Crippen LogP contribution in [0, 0.1) is 12.7 Å². The zero-order chi connectivity index (χ0) is 14.5. The van der Waals surface area contributed by atoms with Crippen LogP contribution < -0.4 is 10.6 Å². The number of benzene rings is 2. The largest absolute Gasteiger partial charge is 0.374 e. The monoisotopic (exact) mass is 272 g/mol. The van der Waals surface area contributed by atoms with E-state index in [4.69, 9.17) is 5.73 Å². The average Bonchev–Trinajstić information content (AvgIpc) is 2.45. The molecule has 0 saturated heterocycles. The minimum Gasteiger partial charge on any atom is -0.374 e. The Hall–Kier alpha value is -1.87. The molecule has 2 aromatic rings. The third-order valence-electron chi connectivity index (χ3n) is 3.61. The number of hydrogen-bond acceptors (Lipinski definition) is 2. The smallest absolute Gasteiger partial charge is 0.127 e. The molecule has 0 spiro atoms. The van der Waals surface area contributed by atoms with Crippen molar-refractivity contribution in [3.8, 4) is 0 Å². The van der Waals surface area contributed by atoms with Crippen molar-refractivity contribution in [3.63, 3.8) is 0 Å². The molecule has 106 valence electrons. The summed E-state index contributed by atoms with van der Waals surface area (Å²) in [6, 6.07) is 14.7. The Morgan fingerprint density at radius 2 is 1.75 bits per heavy atom. The van der Waals surface area contributed by atoms with Gasteiger partial charge in [-0.05, 0) is 31.0 Å². The number of aryl methyl sites for hydroxylation is 1. The molecule has 0 bridgehead atoms. The van der Waals surface area contributed by atoms with Gasteiger partial charge in [0.25, 0.3) is 0 Å². The van der Waals surface area contributed by atoms with Gasteiger partial charge in [-0.2, -0.15) is 0 Å². The summed E-state index contributed by atoms with van der Waals surface area (Å²) in [5.74, 6) is -0.224. The molecular formula is C17H21FN2. The topological polar surface area (TPSA) is 29.3 Å². The lowest BCUT2D eigenvalue weighted by Crippen LogP contribution is -2.24. The highest BCUT2D eigenvalue weighted by Crippen LogP contribution is 2.21. The van der Waals surface area contributed by atoms with E-state index in [1.165, 1.54) is 17.3 Å². The molecule has 2 nitrogen and oxygen atoms in total. The Morgan fingerprint density at radius 3 is 2.45 bits per heavy atom. The summed E-state index contributed by atoms with van der Waals surface area (Å²) in [6.45, 7) is 2.88. The number of rotatable bonds is 5. The van der Waals surface area contributed by atoms with Gasteiger partial charge in [-0.15, -0.1) is 0 Å². The predicted molar refractivity (Wildman–Crippen MR) is 82.4 cm³/mol. The normalized spacial score (nSPS) is 12.2. The first-order valence-electron chi connectivity index (χ1n) is 6.86. The van der Waals surface area contributed by atoms with Crippen LogP contribution in [-0.2, 0) is 0 Å². The van der Waals surface area contributed by atoms with Gasteiger partial charge >= 0.3 is 0 Å². The second kappa shape index (κ2) is 6.53. The van der Waals surface area contributed by atoms with Crippen molar-refractivity contribution in [2.75, 3.05) is 18.5 Å². The molecule has 0 fully saturated rings. The average molecular weight is 272 g/mol. The minimum absolute atomic E-state index is 0.224. The Labute approximate surface area is 120 Å². The molecule has 1 atom stereocenters. The lowest BCUT2D eigenvalue weighted by atomic mass is 10.0. The first-order valence-corrected chi connectivity index (χ1v) is 6.86. The number of hydrogen-bond donors (Lipinski definition) is 1. The van der Waals surface area contributed by atoms with E-state index >= 15 is 0 Å². The zero-order valence-corrected chi connectivity index (χ0v) is 12.0. The van der Waals surface area contributed by atoms with Gasteiger partial charge in [0.2, 0.25) is 0 Å². The maximum Gasteiger partial charge on any atom is 0.127 e. The van der Waals surface area contributed by atoms with Gasteiger partial charge in [0.1, 0.15) is 5.82 Å². The summed E-state index contributed by atoms with van der Waals surface area (Å²) in [5.41, 5.74) is 9.10. The van der Waals surface area contributed by atoms with Crippen molar-refractivity contribution >= 4 is 5.69 Å². The summed E-state index contributed by atoms with van der Waals surface area (Å²) < 4.78 is 13.7. The first-order chi connectivity index (χ1) is 9.59.